The van der Waals surface area contributed by atoms with E-state index in [0.717, 1.165) is 6.42 Å². The lowest BCUT2D eigenvalue weighted by molar-refractivity contribution is 0.00583. The Balaban J connectivity index is 2.57. The minimum Gasteiger partial charge on any atom is -0.388 e. The number of carbonyl (C=O) groups excluding carboxylic acids is 1. The lowest BCUT2D eigenvalue weighted by Crippen LogP contribution is -2.45. The Morgan fingerprint density at radius 2 is 2.35 bits per heavy atom. The highest BCUT2D eigenvalue weighted by molar-refractivity contribution is 5.92. The summed E-state index contributed by atoms with van der Waals surface area (Å²) in [6.07, 6.45) is 2.44. The molecule has 1 rings (SSSR count). The summed E-state index contributed by atoms with van der Waals surface area (Å²) < 4.78 is 1.51. The van der Waals surface area contributed by atoms with Gasteiger partial charge in [0.2, 0.25) is 0 Å². The molecule has 1 heterocycles. The van der Waals surface area contributed by atoms with Crippen molar-refractivity contribution < 1.29 is 9.90 Å². The third-order valence-corrected chi connectivity index (χ3v) is 3.33. The summed E-state index contributed by atoms with van der Waals surface area (Å²) in [5.74, 6) is -0.0806. The SMILES string of the molecule is CCC(C)C(C)(O)CNC(=O)c1ccnn1C. The van der Waals surface area contributed by atoms with Crippen LogP contribution in [0.25, 0.3) is 0 Å². The zero-order valence-electron chi connectivity index (χ0n) is 10.9. The van der Waals surface area contributed by atoms with E-state index >= 15 is 0 Å². The molecule has 0 aromatic carbocycles. The Kier molecular flexibility index (Phi) is 4.28. The fraction of sp³-hybridized carbons (Fsp3) is 0.667. The van der Waals surface area contributed by atoms with Crippen LogP contribution in [0, 0.1) is 5.92 Å². The van der Waals surface area contributed by atoms with Gasteiger partial charge >= 0.3 is 0 Å². The number of nitrogens with zero attached hydrogens (tertiary/aromatic N) is 2. The van der Waals surface area contributed by atoms with Gasteiger partial charge in [0.1, 0.15) is 5.69 Å². The van der Waals surface area contributed by atoms with Crippen LogP contribution in [-0.4, -0.2) is 32.9 Å². The molecule has 0 bridgehead atoms. The fourth-order valence-electron chi connectivity index (χ4n) is 1.56. The normalized spacial score (nSPS) is 16.3. The first-order valence-corrected chi connectivity index (χ1v) is 5.87. The van der Waals surface area contributed by atoms with Crippen LogP contribution in [0.2, 0.25) is 0 Å². The van der Waals surface area contributed by atoms with Gasteiger partial charge in [-0.3, -0.25) is 9.48 Å². The largest absolute Gasteiger partial charge is 0.388 e. The average Bonchev–Trinajstić information content (AvgIpc) is 2.71. The molecule has 2 N–H and O–H groups in total. The van der Waals surface area contributed by atoms with Crippen LogP contribution in [-0.2, 0) is 7.05 Å². The minimum absolute atomic E-state index is 0.134. The van der Waals surface area contributed by atoms with Crippen molar-refractivity contribution in [1.82, 2.24) is 15.1 Å². The van der Waals surface area contributed by atoms with Gasteiger partial charge in [-0.25, -0.2) is 0 Å². The average molecular weight is 239 g/mol. The quantitative estimate of drug-likeness (QED) is 0.804. The summed E-state index contributed by atoms with van der Waals surface area (Å²) in [6.45, 7) is 5.97. The van der Waals surface area contributed by atoms with E-state index in [1.807, 2.05) is 13.8 Å². The molecule has 0 aliphatic carbocycles. The summed E-state index contributed by atoms with van der Waals surface area (Å²) in [6, 6.07) is 1.65. The molecule has 96 valence electrons. The van der Waals surface area contributed by atoms with E-state index in [4.69, 9.17) is 0 Å². The Morgan fingerprint density at radius 3 is 2.82 bits per heavy atom. The van der Waals surface area contributed by atoms with Gasteiger partial charge in [-0.05, 0) is 18.9 Å². The molecule has 0 aliphatic rings. The van der Waals surface area contributed by atoms with Crippen LogP contribution in [0.5, 0.6) is 0 Å². The summed E-state index contributed by atoms with van der Waals surface area (Å²) in [4.78, 5) is 11.8. The molecule has 2 atom stereocenters. The van der Waals surface area contributed by atoms with E-state index in [1.54, 1.807) is 26.2 Å². The molecule has 0 fully saturated rings. The first-order chi connectivity index (χ1) is 7.88. The molecule has 0 radical (unpaired) electrons. The van der Waals surface area contributed by atoms with Crippen LogP contribution in [0.1, 0.15) is 37.7 Å². The standard InChI is InChI=1S/C12H21N3O2/c1-5-9(2)12(3,17)8-13-11(16)10-6-7-14-15(10)4/h6-7,9,17H,5,8H2,1-4H3,(H,13,16). The molecule has 5 nitrogen and oxygen atoms in total. The Hall–Kier alpha value is -1.36. The maximum absolute atomic E-state index is 11.8. The fourth-order valence-corrected chi connectivity index (χ4v) is 1.56. The Morgan fingerprint density at radius 1 is 1.71 bits per heavy atom. The lowest BCUT2D eigenvalue weighted by Gasteiger charge is -2.29. The molecule has 1 aromatic heterocycles. The van der Waals surface area contributed by atoms with E-state index < -0.39 is 5.60 Å². The van der Waals surface area contributed by atoms with Gasteiger partial charge in [0.05, 0.1) is 5.60 Å². The summed E-state index contributed by atoms with van der Waals surface area (Å²) in [5, 5.41) is 16.8. The molecule has 1 aromatic rings. The molecular formula is C12H21N3O2. The molecule has 0 aliphatic heterocycles. The zero-order valence-corrected chi connectivity index (χ0v) is 10.9. The third-order valence-electron chi connectivity index (χ3n) is 3.33. The van der Waals surface area contributed by atoms with Crippen LogP contribution >= 0.6 is 0 Å². The summed E-state index contributed by atoms with van der Waals surface area (Å²) >= 11 is 0. The van der Waals surface area contributed by atoms with Crippen LogP contribution in [0.15, 0.2) is 12.3 Å². The zero-order chi connectivity index (χ0) is 13.1. The van der Waals surface area contributed by atoms with Crippen molar-refractivity contribution in [2.45, 2.75) is 32.8 Å². The van der Waals surface area contributed by atoms with Crippen LogP contribution in [0.3, 0.4) is 0 Å². The van der Waals surface area contributed by atoms with Gasteiger partial charge in [0.15, 0.2) is 0 Å². The molecule has 0 spiro atoms. The van der Waals surface area contributed by atoms with Crippen molar-refractivity contribution in [3.8, 4) is 0 Å². The highest BCUT2D eigenvalue weighted by atomic mass is 16.3. The summed E-state index contributed by atoms with van der Waals surface area (Å²) in [7, 11) is 1.71. The molecule has 2 unspecified atom stereocenters. The van der Waals surface area contributed by atoms with Gasteiger partial charge in [-0.1, -0.05) is 20.3 Å². The second-order valence-corrected chi connectivity index (χ2v) is 4.69. The first-order valence-electron chi connectivity index (χ1n) is 5.87. The maximum atomic E-state index is 11.8. The Bertz CT molecular complexity index is 385. The number of aryl methyl sites for hydroxylation is 1. The van der Waals surface area contributed by atoms with Gasteiger partial charge in [-0.15, -0.1) is 0 Å². The van der Waals surface area contributed by atoms with Crippen LogP contribution < -0.4 is 5.32 Å². The van der Waals surface area contributed by atoms with Crippen LogP contribution in [0.4, 0.5) is 0 Å². The lowest BCUT2D eigenvalue weighted by atomic mass is 9.88. The number of aliphatic hydroxyl groups is 1. The minimum atomic E-state index is -0.886. The molecule has 1 amide bonds. The first kappa shape index (κ1) is 13.7. The smallest absolute Gasteiger partial charge is 0.269 e. The molecule has 0 saturated carbocycles. The number of nitrogens with one attached hydrogen (secondary N) is 1. The van der Waals surface area contributed by atoms with Crippen molar-refractivity contribution in [3.05, 3.63) is 18.0 Å². The number of amides is 1. The van der Waals surface area contributed by atoms with Gasteiger partial charge in [0, 0.05) is 19.8 Å². The molecule has 17 heavy (non-hydrogen) atoms. The van der Waals surface area contributed by atoms with E-state index in [0.29, 0.717) is 5.69 Å². The molecule has 5 heteroatoms. The Labute approximate surface area is 102 Å². The van der Waals surface area contributed by atoms with E-state index in [2.05, 4.69) is 10.4 Å². The number of hydrogen-bond acceptors (Lipinski definition) is 3. The van der Waals surface area contributed by atoms with Crippen molar-refractivity contribution >= 4 is 5.91 Å². The topological polar surface area (TPSA) is 67.2 Å². The maximum Gasteiger partial charge on any atom is 0.269 e. The number of carbonyl (C=O) groups is 1. The van der Waals surface area contributed by atoms with E-state index in [1.165, 1.54) is 4.68 Å². The van der Waals surface area contributed by atoms with Crippen molar-refractivity contribution in [2.24, 2.45) is 13.0 Å². The second-order valence-electron chi connectivity index (χ2n) is 4.69. The molecular weight excluding hydrogens is 218 g/mol. The number of aromatic nitrogens is 2. The summed E-state index contributed by atoms with van der Waals surface area (Å²) in [5.41, 5.74) is -0.395. The van der Waals surface area contributed by atoms with E-state index in [-0.39, 0.29) is 18.4 Å². The van der Waals surface area contributed by atoms with Crippen molar-refractivity contribution in [3.63, 3.8) is 0 Å². The highest BCUT2D eigenvalue weighted by Crippen LogP contribution is 2.18. The van der Waals surface area contributed by atoms with Gasteiger partial charge in [0.25, 0.3) is 5.91 Å². The monoisotopic (exact) mass is 239 g/mol. The van der Waals surface area contributed by atoms with Gasteiger partial charge < -0.3 is 10.4 Å². The second kappa shape index (κ2) is 5.31. The van der Waals surface area contributed by atoms with Crippen molar-refractivity contribution in [1.29, 1.82) is 0 Å². The van der Waals surface area contributed by atoms with Crippen molar-refractivity contribution in [2.75, 3.05) is 6.54 Å². The van der Waals surface area contributed by atoms with E-state index in [9.17, 15) is 9.90 Å². The predicted molar refractivity (Wildman–Crippen MR) is 65.6 cm³/mol. The third kappa shape index (κ3) is 3.30. The van der Waals surface area contributed by atoms with Gasteiger partial charge in [-0.2, -0.15) is 5.10 Å². The predicted octanol–water partition coefficient (Wildman–Crippen LogP) is 0.947. The molecule has 0 saturated heterocycles. The highest BCUT2D eigenvalue weighted by Gasteiger charge is 2.27. The number of rotatable bonds is 5. The number of hydrogen-bond donors (Lipinski definition) is 2.